The van der Waals surface area contributed by atoms with E-state index in [1.165, 1.54) is 0 Å². The SMILES string of the molecule is Cc1c(SCc2ccncc2)cc(C(C)(C)C)c(O)c1C(=O)O. The van der Waals surface area contributed by atoms with Crippen molar-refractivity contribution < 1.29 is 15.0 Å². The molecule has 23 heavy (non-hydrogen) atoms. The van der Waals surface area contributed by atoms with Gasteiger partial charge in [-0.1, -0.05) is 20.8 Å². The van der Waals surface area contributed by atoms with E-state index in [0.717, 1.165) is 16.2 Å². The largest absolute Gasteiger partial charge is 0.507 e. The first kappa shape index (κ1) is 17.3. The Labute approximate surface area is 140 Å². The van der Waals surface area contributed by atoms with Crippen molar-refractivity contribution in [3.63, 3.8) is 0 Å². The second-order valence-electron chi connectivity index (χ2n) is 6.47. The van der Waals surface area contributed by atoms with E-state index in [1.54, 1.807) is 31.1 Å². The molecule has 0 saturated carbocycles. The van der Waals surface area contributed by atoms with Crippen LogP contribution >= 0.6 is 11.8 Å². The molecule has 2 aromatic rings. The van der Waals surface area contributed by atoms with Gasteiger partial charge in [0.2, 0.25) is 0 Å². The number of pyridine rings is 1. The Bertz CT molecular complexity index is 721. The third-order valence-corrected chi connectivity index (χ3v) is 4.89. The van der Waals surface area contributed by atoms with Gasteiger partial charge >= 0.3 is 5.97 Å². The topological polar surface area (TPSA) is 70.4 Å². The number of hydrogen-bond donors (Lipinski definition) is 2. The maximum Gasteiger partial charge on any atom is 0.339 e. The molecular weight excluding hydrogens is 310 g/mol. The average molecular weight is 331 g/mol. The summed E-state index contributed by atoms with van der Waals surface area (Å²) in [7, 11) is 0. The molecule has 0 radical (unpaired) electrons. The Morgan fingerprint density at radius 2 is 1.87 bits per heavy atom. The molecular formula is C18H21NO3S. The summed E-state index contributed by atoms with van der Waals surface area (Å²) in [5.74, 6) is -0.510. The minimum absolute atomic E-state index is 0.00495. The number of aromatic carboxylic acids is 1. The fourth-order valence-electron chi connectivity index (χ4n) is 2.37. The zero-order valence-electron chi connectivity index (χ0n) is 13.8. The highest BCUT2D eigenvalue weighted by atomic mass is 32.2. The predicted molar refractivity (Wildman–Crippen MR) is 92.3 cm³/mol. The van der Waals surface area contributed by atoms with Crippen LogP contribution in [-0.2, 0) is 11.2 Å². The van der Waals surface area contributed by atoms with Gasteiger partial charge in [-0.25, -0.2) is 4.79 Å². The lowest BCUT2D eigenvalue weighted by molar-refractivity contribution is 0.0692. The molecule has 0 spiro atoms. The van der Waals surface area contributed by atoms with E-state index in [2.05, 4.69) is 4.98 Å². The number of carbonyl (C=O) groups is 1. The highest BCUT2D eigenvalue weighted by molar-refractivity contribution is 7.98. The summed E-state index contributed by atoms with van der Waals surface area (Å²) in [5.41, 5.74) is 2.02. The minimum Gasteiger partial charge on any atom is -0.507 e. The second kappa shape index (κ2) is 6.62. The Kier molecular flexibility index (Phi) is 5.00. The molecule has 0 aliphatic rings. The van der Waals surface area contributed by atoms with Crippen LogP contribution < -0.4 is 0 Å². The van der Waals surface area contributed by atoms with Crippen LogP contribution in [0, 0.1) is 6.92 Å². The number of nitrogens with zero attached hydrogens (tertiary/aromatic N) is 1. The predicted octanol–water partition coefficient (Wildman–Crippen LogP) is 4.38. The first-order chi connectivity index (χ1) is 10.7. The summed E-state index contributed by atoms with van der Waals surface area (Å²) < 4.78 is 0. The lowest BCUT2D eigenvalue weighted by atomic mass is 9.84. The fourth-order valence-corrected chi connectivity index (χ4v) is 3.40. The highest BCUT2D eigenvalue weighted by Gasteiger charge is 2.26. The number of hydrogen-bond acceptors (Lipinski definition) is 4. The maximum atomic E-state index is 11.6. The molecule has 1 aromatic carbocycles. The van der Waals surface area contributed by atoms with Gasteiger partial charge in [0, 0.05) is 28.6 Å². The third-order valence-electron chi connectivity index (χ3n) is 3.68. The van der Waals surface area contributed by atoms with E-state index in [-0.39, 0.29) is 16.7 Å². The standard InChI is InChI=1S/C18H21NO3S/c1-11-14(23-10-12-5-7-19-8-6-12)9-13(18(2,3)4)16(20)15(11)17(21)22/h5-9,20H,10H2,1-4H3,(H,21,22). The highest BCUT2D eigenvalue weighted by Crippen LogP contribution is 2.40. The van der Waals surface area contributed by atoms with E-state index >= 15 is 0 Å². The molecule has 4 nitrogen and oxygen atoms in total. The number of phenols is 1. The van der Waals surface area contributed by atoms with Crippen molar-refractivity contribution in [2.45, 2.75) is 43.8 Å². The lowest BCUT2D eigenvalue weighted by Gasteiger charge is -2.24. The maximum absolute atomic E-state index is 11.6. The molecule has 122 valence electrons. The molecule has 0 aliphatic heterocycles. The van der Waals surface area contributed by atoms with Crippen LogP contribution in [-0.4, -0.2) is 21.2 Å². The van der Waals surface area contributed by atoms with Crippen LogP contribution in [0.2, 0.25) is 0 Å². The van der Waals surface area contributed by atoms with Crippen molar-refractivity contribution in [2.75, 3.05) is 0 Å². The molecule has 2 rings (SSSR count). The molecule has 5 heteroatoms. The Morgan fingerprint density at radius 1 is 1.26 bits per heavy atom. The van der Waals surface area contributed by atoms with Crippen LogP contribution in [0.5, 0.6) is 5.75 Å². The summed E-state index contributed by atoms with van der Waals surface area (Å²) in [4.78, 5) is 16.4. The molecule has 1 heterocycles. The molecule has 0 atom stereocenters. The Hall–Kier alpha value is -2.01. The normalized spacial score (nSPS) is 11.5. The van der Waals surface area contributed by atoms with Gasteiger partial charge < -0.3 is 10.2 Å². The zero-order valence-corrected chi connectivity index (χ0v) is 14.6. The molecule has 1 aromatic heterocycles. The zero-order chi connectivity index (χ0) is 17.2. The van der Waals surface area contributed by atoms with Crippen molar-refractivity contribution >= 4 is 17.7 Å². The number of thioether (sulfide) groups is 1. The van der Waals surface area contributed by atoms with Crippen molar-refractivity contribution in [1.82, 2.24) is 4.98 Å². The molecule has 0 saturated heterocycles. The molecule has 0 unspecified atom stereocenters. The van der Waals surface area contributed by atoms with Gasteiger partial charge in [-0.05, 0) is 41.7 Å². The third kappa shape index (κ3) is 3.85. The Morgan fingerprint density at radius 3 is 2.39 bits per heavy atom. The van der Waals surface area contributed by atoms with Crippen molar-refractivity contribution in [2.24, 2.45) is 0 Å². The number of aromatic hydroxyl groups is 1. The number of rotatable bonds is 4. The van der Waals surface area contributed by atoms with Gasteiger partial charge in [-0.3, -0.25) is 4.98 Å². The lowest BCUT2D eigenvalue weighted by Crippen LogP contribution is -2.14. The van der Waals surface area contributed by atoms with Crippen LogP contribution in [0.3, 0.4) is 0 Å². The summed E-state index contributed by atoms with van der Waals surface area (Å²) in [6.07, 6.45) is 3.48. The van der Waals surface area contributed by atoms with E-state index < -0.39 is 5.97 Å². The summed E-state index contributed by atoms with van der Waals surface area (Å²) in [5, 5.41) is 19.9. The van der Waals surface area contributed by atoms with Gasteiger partial charge in [0.15, 0.2) is 0 Å². The summed E-state index contributed by atoms with van der Waals surface area (Å²) in [6.45, 7) is 7.62. The molecule has 0 fully saturated rings. The smallest absolute Gasteiger partial charge is 0.339 e. The van der Waals surface area contributed by atoms with E-state index in [9.17, 15) is 15.0 Å². The monoisotopic (exact) mass is 331 g/mol. The molecule has 2 N–H and O–H groups in total. The summed E-state index contributed by atoms with van der Waals surface area (Å²) >= 11 is 1.57. The number of benzene rings is 1. The van der Waals surface area contributed by atoms with E-state index in [1.807, 2.05) is 39.0 Å². The number of aromatic nitrogens is 1. The van der Waals surface area contributed by atoms with Crippen LogP contribution in [0.25, 0.3) is 0 Å². The van der Waals surface area contributed by atoms with E-state index in [0.29, 0.717) is 11.1 Å². The van der Waals surface area contributed by atoms with Crippen molar-refractivity contribution in [3.8, 4) is 5.75 Å². The summed E-state index contributed by atoms with van der Waals surface area (Å²) in [6, 6.07) is 5.78. The van der Waals surface area contributed by atoms with Gasteiger partial charge in [0.1, 0.15) is 11.3 Å². The van der Waals surface area contributed by atoms with Gasteiger partial charge in [-0.15, -0.1) is 11.8 Å². The van der Waals surface area contributed by atoms with Crippen molar-refractivity contribution in [3.05, 3.63) is 52.8 Å². The minimum atomic E-state index is -1.10. The molecule has 0 amide bonds. The van der Waals surface area contributed by atoms with Crippen LogP contribution in [0.4, 0.5) is 0 Å². The van der Waals surface area contributed by atoms with Crippen LogP contribution in [0.15, 0.2) is 35.5 Å². The molecule has 0 bridgehead atoms. The second-order valence-corrected chi connectivity index (χ2v) is 7.49. The average Bonchev–Trinajstić information content (AvgIpc) is 2.46. The number of carboxylic acids is 1. The van der Waals surface area contributed by atoms with Crippen molar-refractivity contribution in [1.29, 1.82) is 0 Å². The first-order valence-corrected chi connectivity index (χ1v) is 8.32. The quantitative estimate of drug-likeness (QED) is 0.813. The fraction of sp³-hybridized carbons (Fsp3) is 0.333. The first-order valence-electron chi connectivity index (χ1n) is 7.34. The number of carboxylic acid groups (broad SMARTS) is 1. The van der Waals surface area contributed by atoms with Gasteiger partial charge in [-0.2, -0.15) is 0 Å². The van der Waals surface area contributed by atoms with E-state index in [4.69, 9.17) is 0 Å². The Balaban J connectivity index is 2.46. The van der Waals surface area contributed by atoms with Gasteiger partial charge in [0.05, 0.1) is 0 Å². The van der Waals surface area contributed by atoms with Gasteiger partial charge in [0.25, 0.3) is 0 Å². The van der Waals surface area contributed by atoms with Crippen LogP contribution in [0.1, 0.15) is 47.8 Å². The molecule has 0 aliphatic carbocycles.